The van der Waals surface area contributed by atoms with Gasteiger partial charge in [-0.2, -0.15) is 5.10 Å². The molecule has 1 N–H and O–H groups in total. The minimum atomic E-state index is -0.991. The van der Waals surface area contributed by atoms with Crippen LogP contribution in [0.2, 0.25) is 0 Å². The number of allylic oxidation sites excluding steroid dienone is 1. The lowest BCUT2D eigenvalue weighted by atomic mass is 9.93. The minimum absolute atomic E-state index is 0.0126. The van der Waals surface area contributed by atoms with Gasteiger partial charge in [0.25, 0.3) is 11.6 Å². The number of carbonyl (C=O) groups excluding carboxylic acids is 2. The highest BCUT2D eigenvalue weighted by atomic mass is 32.2. The molecule has 198 valence electrons. The van der Waals surface area contributed by atoms with Gasteiger partial charge in [0, 0.05) is 17.7 Å². The summed E-state index contributed by atoms with van der Waals surface area (Å²) in [6, 6.07) is 8.01. The predicted octanol–water partition coefficient (Wildman–Crippen LogP) is 3.48. The maximum absolute atomic E-state index is 13.6. The first-order valence-corrected chi connectivity index (χ1v) is 11.8. The third-order valence-electron chi connectivity index (χ3n) is 5.76. The summed E-state index contributed by atoms with van der Waals surface area (Å²) in [7, 11) is 5.59. The Labute approximate surface area is 221 Å². The van der Waals surface area contributed by atoms with E-state index in [4.69, 9.17) is 18.9 Å². The summed E-state index contributed by atoms with van der Waals surface area (Å²) in [6.45, 7) is 1.64. The van der Waals surface area contributed by atoms with Gasteiger partial charge >= 0.3 is 5.97 Å². The fourth-order valence-electron chi connectivity index (χ4n) is 4.08. The number of ether oxygens (including phenoxy) is 4. The number of carbonyl (C=O) groups is 2. The number of nitro benzene ring substituents is 1. The summed E-state index contributed by atoms with van der Waals surface area (Å²) >= 11 is 0.984. The first-order valence-electron chi connectivity index (χ1n) is 11.0. The van der Waals surface area contributed by atoms with Gasteiger partial charge in [-0.15, -0.1) is 0 Å². The number of esters is 1. The van der Waals surface area contributed by atoms with Crippen molar-refractivity contribution in [1.29, 1.82) is 0 Å². The summed E-state index contributed by atoms with van der Waals surface area (Å²) in [4.78, 5) is 42.9. The molecule has 1 fully saturated rings. The highest BCUT2D eigenvalue weighted by Gasteiger charge is 2.48. The second-order valence-corrected chi connectivity index (χ2v) is 8.78. The van der Waals surface area contributed by atoms with Crippen LogP contribution in [0.1, 0.15) is 18.5 Å². The molecule has 1 atom stereocenters. The van der Waals surface area contributed by atoms with Gasteiger partial charge in [-0.3, -0.25) is 25.2 Å². The molecule has 1 saturated heterocycles. The minimum Gasteiger partial charge on any atom is -0.493 e. The number of anilines is 1. The first-order chi connectivity index (χ1) is 18.2. The van der Waals surface area contributed by atoms with Crippen LogP contribution in [0.15, 0.2) is 57.8 Å². The van der Waals surface area contributed by atoms with Gasteiger partial charge in [-0.05, 0) is 36.9 Å². The fourth-order valence-corrected chi connectivity index (χ4v) is 5.00. The number of thioether (sulfide) groups is 1. The summed E-state index contributed by atoms with van der Waals surface area (Å²) in [5.41, 5.74) is 3.77. The lowest BCUT2D eigenvalue weighted by Gasteiger charge is -2.33. The molecule has 13 nitrogen and oxygen atoms in total. The zero-order valence-electron chi connectivity index (χ0n) is 21.0. The molecule has 1 amide bonds. The van der Waals surface area contributed by atoms with E-state index in [1.807, 2.05) is 0 Å². The van der Waals surface area contributed by atoms with E-state index in [1.54, 1.807) is 25.1 Å². The molecule has 14 heteroatoms. The van der Waals surface area contributed by atoms with Crippen LogP contribution < -0.4 is 19.6 Å². The van der Waals surface area contributed by atoms with Gasteiger partial charge in [-0.1, -0.05) is 6.07 Å². The molecule has 0 saturated carbocycles. The quantitative estimate of drug-likeness (QED) is 0.298. The van der Waals surface area contributed by atoms with Gasteiger partial charge in [0.15, 0.2) is 21.7 Å². The molecule has 2 aromatic rings. The molecular weight excluding hydrogens is 518 g/mol. The van der Waals surface area contributed by atoms with Crippen LogP contribution in [0.4, 0.5) is 11.4 Å². The Balaban J connectivity index is 1.80. The van der Waals surface area contributed by atoms with Gasteiger partial charge in [0.05, 0.1) is 50.3 Å². The Hall–Kier alpha value is -4.59. The van der Waals surface area contributed by atoms with E-state index in [-0.39, 0.29) is 33.0 Å². The second-order valence-electron chi connectivity index (χ2n) is 7.82. The number of amides is 1. The van der Waals surface area contributed by atoms with Gasteiger partial charge in [0.2, 0.25) is 5.75 Å². The maximum atomic E-state index is 13.6. The molecule has 4 rings (SSSR count). The van der Waals surface area contributed by atoms with Crippen molar-refractivity contribution in [2.45, 2.75) is 13.0 Å². The maximum Gasteiger partial charge on any atom is 0.338 e. The molecule has 0 radical (unpaired) electrons. The lowest BCUT2D eigenvalue weighted by molar-refractivity contribution is -0.384. The number of non-ortho nitro benzene ring substituents is 1. The number of rotatable bonds is 8. The number of aliphatic imine (C=N–C) groups is 1. The van der Waals surface area contributed by atoms with E-state index in [2.05, 4.69) is 15.5 Å². The average molecular weight is 542 g/mol. The Morgan fingerprint density at radius 1 is 1.13 bits per heavy atom. The molecule has 0 bridgehead atoms. The number of hydrogen-bond donors (Lipinski definition) is 1. The molecule has 38 heavy (non-hydrogen) atoms. The first kappa shape index (κ1) is 26.5. The van der Waals surface area contributed by atoms with E-state index in [0.29, 0.717) is 22.7 Å². The number of fused-ring (bicyclic) bond motifs is 1. The summed E-state index contributed by atoms with van der Waals surface area (Å²) in [6.07, 6.45) is 0. The van der Waals surface area contributed by atoms with Crippen LogP contribution in [0.5, 0.6) is 17.2 Å². The number of hydrogen-bond acceptors (Lipinski definition) is 12. The Bertz CT molecular complexity index is 1420. The Morgan fingerprint density at radius 3 is 2.50 bits per heavy atom. The van der Waals surface area contributed by atoms with Crippen molar-refractivity contribution < 1.29 is 33.5 Å². The van der Waals surface area contributed by atoms with E-state index in [0.717, 1.165) is 11.8 Å². The van der Waals surface area contributed by atoms with Gasteiger partial charge in [0.1, 0.15) is 6.04 Å². The highest BCUT2D eigenvalue weighted by molar-refractivity contribution is 8.29. The number of nitrogens with zero attached hydrogens (tertiary/aromatic N) is 4. The van der Waals surface area contributed by atoms with E-state index in [9.17, 15) is 19.7 Å². The number of nitro groups is 1. The summed E-state index contributed by atoms with van der Waals surface area (Å²) < 4.78 is 21.6. The molecular formula is C24H23N5O8S. The monoisotopic (exact) mass is 541 g/mol. The SMILES string of the molecule is COC(=O)C1=C(C)N=C2S/C(=N\Nc3cccc([N+](=O)[O-])c3)C(=O)N2C1c1ccc(OC)c(OC)c1OC. The Kier molecular flexibility index (Phi) is 7.52. The topological polar surface area (TPSA) is 154 Å². The number of methoxy groups -OCH3 is 4. The van der Waals surface area contributed by atoms with Crippen LogP contribution in [-0.4, -0.2) is 60.4 Å². The third kappa shape index (κ3) is 4.61. The second kappa shape index (κ2) is 10.8. The van der Waals surface area contributed by atoms with Crippen molar-refractivity contribution in [3.63, 3.8) is 0 Å². The zero-order chi connectivity index (χ0) is 27.6. The van der Waals surface area contributed by atoms with Crippen molar-refractivity contribution in [3.8, 4) is 17.2 Å². The van der Waals surface area contributed by atoms with Crippen molar-refractivity contribution in [2.24, 2.45) is 10.1 Å². The van der Waals surface area contributed by atoms with Crippen molar-refractivity contribution in [1.82, 2.24) is 4.90 Å². The molecule has 0 spiro atoms. The number of nitrogens with one attached hydrogen (secondary N) is 1. The van der Waals surface area contributed by atoms with Crippen LogP contribution in [0, 0.1) is 10.1 Å². The van der Waals surface area contributed by atoms with Crippen LogP contribution in [0.3, 0.4) is 0 Å². The van der Waals surface area contributed by atoms with E-state index < -0.39 is 22.8 Å². The average Bonchev–Trinajstić information content (AvgIpc) is 3.24. The van der Waals surface area contributed by atoms with Gasteiger partial charge < -0.3 is 18.9 Å². The molecule has 2 aliphatic rings. The normalized spacial score (nSPS) is 17.7. The number of hydrazone groups is 1. The zero-order valence-corrected chi connectivity index (χ0v) is 21.8. The molecule has 1 unspecified atom stereocenters. The van der Waals surface area contributed by atoms with Crippen molar-refractivity contribution in [3.05, 3.63) is 63.3 Å². The highest BCUT2D eigenvalue weighted by Crippen LogP contribution is 2.49. The van der Waals surface area contributed by atoms with E-state index >= 15 is 0 Å². The third-order valence-corrected chi connectivity index (χ3v) is 6.69. The molecule has 2 aromatic carbocycles. The predicted molar refractivity (Wildman–Crippen MR) is 140 cm³/mol. The van der Waals surface area contributed by atoms with Crippen LogP contribution >= 0.6 is 11.8 Å². The molecule has 0 aromatic heterocycles. The summed E-state index contributed by atoms with van der Waals surface area (Å²) in [5.74, 6) is -0.305. The van der Waals surface area contributed by atoms with E-state index in [1.165, 1.54) is 51.5 Å². The number of amidine groups is 1. The standard InChI is InChI=1S/C24H23N5O8S/c1-12-17(23(31)37-5)18(15-9-10-16(34-2)20(36-4)19(15)35-3)28-22(30)21(38-24(28)25-12)27-26-13-7-6-8-14(11-13)29(32)33/h6-11,18,26H,1-5H3/b27-21-. The number of benzene rings is 2. The molecule has 2 heterocycles. The largest absolute Gasteiger partial charge is 0.493 e. The lowest BCUT2D eigenvalue weighted by Crippen LogP contribution is -2.40. The molecule has 0 aliphatic carbocycles. The van der Waals surface area contributed by atoms with Gasteiger partial charge in [-0.25, -0.2) is 9.79 Å². The summed E-state index contributed by atoms with van der Waals surface area (Å²) in [5, 5.41) is 15.5. The molecule has 2 aliphatic heterocycles. The van der Waals surface area contributed by atoms with Crippen molar-refractivity contribution in [2.75, 3.05) is 33.9 Å². The van der Waals surface area contributed by atoms with Crippen LogP contribution in [0.25, 0.3) is 0 Å². The van der Waals surface area contributed by atoms with Crippen molar-refractivity contribution >= 4 is 45.2 Å². The Morgan fingerprint density at radius 2 is 1.87 bits per heavy atom. The van der Waals surface area contributed by atoms with Crippen LogP contribution in [-0.2, 0) is 14.3 Å². The smallest absolute Gasteiger partial charge is 0.338 e. The fraction of sp³-hybridized carbons (Fsp3) is 0.250.